The van der Waals surface area contributed by atoms with Crippen LogP contribution in [0.2, 0.25) is 0 Å². The minimum atomic E-state index is 0.795. The Balaban J connectivity index is 1.48. The van der Waals surface area contributed by atoms with Crippen LogP contribution in [0.25, 0.3) is 33.6 Å². The van der Waals surface area contributed by atoms with E-state index in [4.69, 9.17) is 4.98 Å². The van der Waals surface area contributed by atoms with Gasteiger partial charge in [-0.1, -0.05) is 61.0 Å². The SMILES string of the molecule is c1ccc(-c2cc(-c3cn[nH]n3)cnc2-c2ccc(CN3CCCCC3)cc2)cc1. The number of benzene rings is 2. The summed E-state index contributed by atoms with van der Waals surface area (Å²) in [5.74, 6) is 0. The van der Waals surface area contributed by atoms with Crippen LogP contribution in [-0.2, 0) is 6.54 Å². The molecule has 0 unspecified atom stereocenters. The normalized spacial score (nSPS) is 14.7. The number of pyridine rings is 1. The van der Waals surface area contributed by atoms with Crippen LogP contribution in [0.3, 0.4) is 0 Å². The maximum absolute atomic E-state index is 4.83. The average Bonchev–Trinajstić information content (AvgIpc) is 3.36. The van der Waals surface area contributed by atoms with Gasteiger partial charge in [0.2, 0.25) is 0 Å². The van der Waals surface area contributed by atoms with Crippen molar-refractivity contribution >= 4 is 0 Å². The molecule has 5 heteroatoms. The Labute approximate surface area is 176 Å². The highest BCUT2D eigenvalue weighted by Crippen LogP contribution is 2.33. The van der Waals surface area contributed by atoms with E-state index in [0.717, 1.165) is 40.2 Å². The van der Waals surface area contributed by atoms with Crippen molar-refractivity contribution in [2.75, 3.05) is 13.1 Å². The van der Waals surface area contributed by atoms with E-state index in [9.17, 15) is 0 Å². The van der Waals surface area contributed by atoms with Crippen LogP contribution in [0.15, 0.2) is 73.1 Å². The summed E-state index contributed by atoms with van der Waals surface area (Å²) in [7, 11) is 0. The van der Waals surface area contributed by atoms with Crippen LogP contribution < -0.4 is 0 Å². The number of nitrogens with zero attached hydrogens (tertiary/aromatic N) is 4. The van der Waals surface area contributed by atoms with Gasteiger partial charge in [-0.25, -0.2) is 0 Å². The zero-order valence-corrected chi connectivity index (χ0v) is 17.0. The Morgan fingerprint density at radius 1 is 0.800 bits per heavy atom. The number of hydrogen-bond donors (Lipinski definition) is 1. The summed E-state index contributed by atoms with van der Waals surface area (Å²) in [4.78, 5) is 7.39. The minimum Gasteiger partial charge on any atom is -0.299 e. The van der Waals surface area contributed by atoms with Gasteiger partial charge >= 0.3 is 0 Å². The van der Waals surface area contributed by atoms with Gasteiger partial charge in [-0.3, -0.25) is 9.88 Å². The monoisotopic (exact) mass is 395 g/mol. The lowest BCUT2D eigenvalue weighted by molar-refractivity contribution is 0.221. The van der Waals surface area contributed by atoms with E-state index in [1.54, 1.807) is 6.20 Å². The first-order valence-electron chi connectivity index (χ1n) is 10.6. The number of H-pyrrole nitrogens is 1. The van der Waals surface area contributed by atoms with Gasteiger partial charge in [0, 0.05) is 29.4 Å². The largest absolute Gasteiger partial charge is 0.299 e. The van der Waals surface area contributed by atoms with Crippen LogP contribution in [-0.4, -0.2) is 38.4 Å². The second kappa shape index (κ2) is 8.59. The highest BCUT2D eigenvalue weighted by atomic mass is 15.3. The molecule has 5 rings (SSSR count). The van der Waals surface area contributed by atoms with Crippen molar-refractivity contribution in [2.24, 2.45) is 0 Å². The fraction of sp³-hybridized carbons (Fsp3) is 0.240. The highest BCUT2D eigenvalue weighted by molar-refractivity contribution is 5.83. The highest BCUT2D eigenvalue weighted by Gasteiger charge is 2.14. The van der Waals surface area contributed by atoms with Crippen molar-refractivity contribution in [3.63, 3.8) is 0 Å². The number of piperidine rings is 1. The van der Waals surface area contributed by atoms with Crippen LogP contribution in [0, 0.1) is 0 Å². The average molecular weight is 396 g/mol. The van der Waals surface area contributed by atoms with E-state index in [0.29, 0.717) is 0 Å². The molecule has 0 saturated carbocycles. The van der Waals surface area contributed by atoms with Crippen LogP contribution in [0.5, 0.6) is 0 Å². The van der Waals surface area contributed by atoms with Crippen molar-refractivity contribution in [1.82, 2.24) is 25.3 Å². The molecule has 1 fully saturated rings. The third-order valence-electron chi connectivity index (χ3n) is 5.77. The predicted molar refractivity (Wildman–Crippen MR) is 120 cm³/mol. The van der Waals surface area contributed by atoms with Gasteiger partial charge in [0.15, 0.2) is 0 Å². The van der Waals surface area contributed by atoms with E-state index in [-0.39, 0.29) is 0 Å². The molecule has 3 heterocycles. The first-order chi connectivity index (χ1) is 14.9. The van der Waals surface area contributed by atoms with E-state index in [1.807, 2.05) is 12.3 Å². The Kier molecular flexibility index (Phi) is 5.36. The van der Waals surface area contributed by atoms with E-state index < -0.39 is 0 Å². The second-order valence-electron chi connectivity index (χ2n) is 7.88. The molecule has 2 aromatic heterocycles. The summed E-state index contributed by atoms with van der Waals surface area (Å²) in [6.45, 7) is 3.46. The molecule has 1 N–H and O–H groups in total. The third kappa shape index (κ3) is 4.02. The minimum absolute atomic E-state index is 0.795. The standard InChI is InChI=1S/C25H25N5/c1-3-7-20(8-4-1)23-15-22(24-17-27-29-28-24)16-26-25(23)21-11-9-19(10-12-21)18-30-13-5-2-6-14-30/h1,3-4,7-12,15-17H,2,5-6,13-14,18H2,(H,27,28,29). The topological polar surface area (TPSA) is 57.7 Å². The molecule has 5 nitrogen and oxygen atoms in total. The first kappa shape index (κ1) is 18.7. The second-order valence-corrected chi connectivity index (χ2v) is 7.88. The van der Waals surface area contributed by atoms with Gasteiger partial charge in [0.05, 0.1) is 11.9 Å². The van der Waals surface area contributed by atoms with E-state index >= 15 is 0 Å². The van der Waals surface area contributed by atoms with Crippen LogP contribution >= 0.6 is 0 Å². The fourth-order valence-corrected chi connectivity index (χ4v) is 4.16. The van der Waals surface area contributed by atoms with Gasteiger partial charge < -0.3 is 0 Å². The Hall–Kier alpha value is -3.31. The molecule has 0 atom stereocenters. The van der Waals surface area contributed by atoms with Gasteiger partial charge in [0.25, 0.3) is 0 Å². The summed E-state index contributed by atoms with van der Waals surface area (Å²) >= 11 is 0. The van der Waals surface area contributed by atoms with Crippen molar-refractivity contribution in [3.05, 3.63) is 78.6 Å². The van der Waals surface area contributed by atoms with Crippen LogP contribution in [0.4, 0.5) is 0 Å². The quantitative estimate of drug-likeness (QED) is 0.505. The molecule has 0 bridgehead atoms. The first-order valence-corrected chi connectivity index (χ1v) is 10.6. The lowest BCUT2D eigenvalue weighted by Crippen LogP contribution is -2.28. The third-order valence-corrected chi connectivity index (χ3v) is 5.77. The van der Waals surface area contributed by atoms with Crippen molar-refractivity contribution in [1.29, 1.82) is 0 Å². The van der Waals surface area contributed by atoms with Gasteiger partial charge in [0.1, 0.15) is 5.69 Å². The zero-order valence-electron chi connectivity index (χ0n) is 17.0. The number of aromatic amines is 1. The lowest BCUT2D eigenvalue weighted by atomic mass is 9.96. The predicted octanol–water partition coefficient (Wildman–Crippen LogP) is 5.19. The summed E-state index contributed by atoms with van der Waals surface area (Å²) < 4.78 is 0. The lowest BCUT2D eigenvalue weighted by Gasteiger charge is -2.26. The molecule has 2 aromatic carbocycles. The number of aromatic nitrogens is 4. The zero-order chi connectivity index (χ0) is 20.2. The molecule has 1 aliphatic rings. The smallest absolute Gasteiger partial charge is 0.114 e. The van der Waals surface area contributed by atoms with Gasteiger partial charge in [-0.05, 0) is 43.1 Å². The maximum atomic E-state index is 4.83. The maximum Gasteiger partial charge on any atom is 0.114 e. The molecule has 30 heavy (non-hydrogen) atoms. The molecule has 150 valence electrons. The van der Waals surface area contributed by atoms with Crippen molar-refractivity contribution in [2.45, 2.75) is 25.8 Å². The van der Waals surface area contributed by atoms with Crippen molar-refractivity contribution in [3.8, 4) is 33.6 Å². The molecule has 0 amide bonds. The molecule has 0 aliphatic carbocycles. The van der Waals surface area contributed by atoms with Gasteiger partial charge in [-0.15, -0.1) is 0 Å². The molecular formula is C25H25N5. The molecule has 0 radical (unpaired) electrons. The number of hydrogen-bond acceptors (Lipinski definition) is 4. The summed E-state index contributed by atoms with van der Waals surface area (Å²) in [6.07, 6.45) is 7.61. The Morgan fingerprint density at radius 3 is 2.33 bits per heavy atom. The fourth-order valence-electron chi connectivity index (χ4n) is 4.16. The number of rotatable bonds is 5. The Morgan fingerprint density at radius 2 is 1.60 bits per heavy atom. The van der Waals surface area contributed by atoms with Crippen LogP contribution in [0.1, 0.15) is 24.8 Å². The summed E-state index contributed by atoms with van der Waals surface area (Å²) in [5, 5.41) is 10.8. The molecule has 0 spiro atoms. The van der Waals surface area contributed by atoms with E-state index in [2.05, 4.69) is 74.9 Å². The molecule has 1 saturated heterocycles. The Bertz CT molecular complexity index is 1080. The molecule has 4 aromatic rings. The van der Waals surface area contributed by atoms with E-state index in [1.165, 1.54) is 37.9 Å². The number of likely N-dealkylation sites (tertiary alicyclic amines) is 1. The molecule has 1 aliphatic heterocycles. The van der Waals surface area contributed by atoms with Crippen molar-refractivity contribution < 1.29 is 0 Å². The summed E-state index contributed by atoms with van der Waals surface area (Å²) in [5.41, 5.74) is 7.46. The molecular weight excluding hydrogens is 370 g/mol. The number of nitrogens with one attached hydrogen (secondary N) is 1. The van der Waals surface area contributed by atoms with Gasteiger partial charge in [-0.2, -0.15) is 15.4 Å². The summed E-state index contributed by atoms with van der Waals surface area (Å²) in [6, 6.07) is 21.4.